The number of hydrogen-bond acceptors (Lipinski definition) is 2. The minimum absolute atomic E-state index is 0.0969. The van der Waals surface area contributed by atoms with E-state index in [0.29, 0.717) is 29.5 Å². The zero-order valence-corrected chi connectivity index (χ0v) is 21.9. The molecule has 0 aliphatic carbocycles. The Kier molecular flexibility index (Phi) is 7.53. The molecule has 4 aromatic rings. The van der Waals surface area contributed by atoms with Crippen molar-refractivity contribution < 1.29 is 35.8 Å². The Morgan fingerprint density at radius 2 is 1.45 bits per heavy atom. The van der Waals surface area contributed by atoms with Crippen molar-refractivity contribution in [3.05, 3.63) is 112 Å². The summed E-state index contributed by atoms with van der Waals surface area (Å²) in [6.45, 7) is 3.91. The van der Waals surface area contributed by atoms with Crippen LogP contribution >= 0.6 is 0 Å². The van der Waals surface area contributed by atoms with Gasteiger partial charge in [0.2, 0.25) is 5.82 Å². The summed E-state index contributed by atoms with van der Waals surface area (Å²) < 4.78 is 100. The monoisotopic (exact) mass is 556 g/mol. The van der Waals surface area contributed by atoms with E-state index in [9.17, 15) is 17.6 Å². The van der Waals surface area contributed by atoms with Gasteiger partial charge in [-0.05, 0) is 47.7 Å². The molecule has 0 spiro atoms. The summed E-state index contributed by atoms with van der Waals surface area (Å²) in [4.78, 5) is 0. The van der Waals surface area contributed by atoms with E-state index >= 15 is 8.78 Å². The van der Waals surface area contributed by atoms with Crippen LogP contribution in [0, 0.1) is 23.3 Å². The minimum Gasteiger partial charge on any atom is -0.450 e. The Labute approximate surface area is 228 Å². The number of benzene rings is 4. The van der Waals surface area contributed by atoms with Crippen molar-refractivity contribution in [2.24, 2.45) is 0 Å². The van der Waals surface area contributed by atoms with Crippen LogP contribution in [0.25, 0.3) is 11.1 Å². The van der Waals surface area contributed by atoms with E-state index in [2.05, 4.69) is 4.74 Å². The van der Waals surface area contributed by atoms with Crippen LogP contribution in [0.3, 0.4) is 0 Å². The molecule has 0 radical (unpaired) electrons. The largest absolute Gasteiger partial charge is 0.450 e. The molecule has 0 atom stereocenters. The van der Waals surface area contributed by atoms with E-state index in [-0.39, 0.29) is 23.3 Å². The zero-order valence-electron chi connectivity index (χ0n) is 21.9. The van der Waals surface area contributed by atoms with Crippen molar-refractivity contribution >= 4 is 0 Å². The molecule has 0 N–H and O–H groups in total. The minimum atomic E-state index is -4.35. The van der Waals surface area contributed by atoms with Gasteiger partial charge in [0.05, 0.1) is 0 Å². The van der Waals surface area contributed by atoms with Gasteiger partial charge in [-0.15, -0.1) is 0 Å². The smallest absolute Gasteiger partial charge is 0.429 e. The van der Waals surface area contributed by atoms with Gasteiger partial charge in [-0.25, -0.2) is 13.2 Å². The summed E-state index contributed by atoms with van der Waals surface area (Å²) >= 11 is 0. The van der Waals surface area contributed by atoms with Crippen LogP contribution in [0.15, 0.2) is 60.7 Å². The number of halogens is 6. The van der Waals surface area contributed by atoms with Crippen LogP contribution in [-0.2, 0) is 25.4 Å². The van der Waals surface area contributed by atoms with Crippen LogP contribution in [0.4, 0.5) is 26.3 Å². The molecule has 4 aromatic carbocycles. The van der Waals surface area contributed by atoms with E-state index in [1.165, 1.54) is 6.07 Å². The summed E-state index contributed by atoms with van der Waals surface area (Å²) in [7, 11) is 0. The highest BCUT2D eigenvalue weighted by atomic mass is 19.3. The molecule has 208 valence electrons. The molecule has 40 heavy (non-hydrogen) atoms. The second-order valence-electron chi connectivity index (χ2n) is 9.80. The molecule has 1 aliphatic heterocycles. The van der Waals surface area contributed by atoms with E-state index in [0.717, 1.165) is 36.6 Å². The molecule has 0 fully saturated rings. The SMILES string of the molecule is CCCc1ccc(-c2ccc(OC(F)(F)c3cc4c(c(F)c3F)Oc3c(ccc(CCC)c3F)C4)cc2F)cc1. The predicted octanol–water partition coefficient (Wildman–Crippen LogP) is 9.64. The van der Waals surface area contributed by atoms with Gasteiger partial charge in [-0.2, -0.15) is 13.2 Å². The second kappa shape index (κ2) is 10.9. The van der Waals surface area contributed by atoms with Gasteiger partial charge in [-0.1, -0.05) is 63.1 Å². The molecule has 0 unspecified atom stereocenters. The Balaban J connectivity index is 1.42. The van der Waals surface area contributed by atoms with Crippen LogP contribution in [0.5, 0.6) is 17.2 Å². The van der Waals surface area contributed by atoms with Crippen molar-refractivity contribution in [3.63, 3.8) is 0 Å². The number of aryl methyl sites for hydroxylation is 2. The lowest BCUT2D eigenvalue weighted by atomic mass is 9.95. The molecule has 1 heterocycles. The lowest BCUT2D eigenvalue weighted by Gasteiger charge is -2.25. The molecule has 0 bridgehead atoms. The highest BCUT2D eigenvalue weighted by Crippen LogP contribution is 2.45. The highest BCUT2D eigenvalue weighted by Gasteiger charge is 2.42. The van der Waals surface area contributed by atoms with Crippen LogP contribution < -0.4 is 9.47 Å². The normalized spacial score (nSPS) is 12.5. The highest BCUT2D eigenvalue weighted by molar-refractivity contribution is 5.65. The van der Waals surface area contributed by atoms with E-state index in [1.807, 2.05) is 26.0 Å². The molecule has 2 nitrogen and oxygen atoms in total. The Morgan fingerprint density at radius 1 is 0.750 bits per heavy atom. The van der Waals surface area contributed by atoms with Crippen LogP contribution in [-0.4, -0.2) is 0 Å². The molecule has 0 aromatic heterocycles. The number of hydrogen-bond donors (Lipinski definition) is 0. The third-order valence-corrected chi connectivity index (χ3v) is 6.91. The molecule has 8 heteroatoms. The third kappa shape index (κ3) is 5.15. The third-order valence-electron chi connectivity index (χ3n) is 6.91. The first-order valence-electron chi connectivity index (χ1n) is 13.1. The van der Waals surface area contributed by atoms with Crippen LogP contribution in [0.2, 0.25) is 0 Å². The molecule has 0 saturated heterocycles. The van der Waals surface area contributed by atoms with Crippen molar-refractivity contribution in [2.75, 3.05) is 0 Å². The fourth-order valence-electron chi connectivity index (χ4n) is 4.91. The van der Waals surface area contributed by atoms with E-state index in [4.69, 9.17) is 4.74 Å². The summed E-state index contributed by atoms with van der Waals surface area (Å²) in [5, 5.41) is 0. The standard InChI is InChI=1S/C32H26F6O2/c1-3-5-18-7-9-19(10-8-18)24-14-13-23(17-26(24)33)40-32(37,38)25-16-22-15-21-12-11-20(6-4-2)27(34)30(21)39-31(22)29(36)28(25)35/h7-14,16-17H,3-6,15H2,1-2H3. The average Bonchev–Trinajstić information content (AvgIpc) is 2.92. The lowest BCUT2D eigenvalue weighted by Crippen LogP contribution is -2.25. The number of fused-ring (bicyclic) bond motifs is 2. The summed E-state index contributed by atoms with van der Waals surface area (Å²) in [6.07, 6.45) is -1.60. The molecular formula is C32H26F6O2. The number of ether oxygens (including phenoxy) is 2. The Hall–Kier alpha value is -3.94. The molecule has 0 amide bonds. The van der Waals surface area contributed by atoms with Gasteiger partial charge in [0, 0.05) is 29.2 Å². The second-order valence-corrected chi connectivity index (χ2v) is 9.80. The summed E-state index contributed by atoms with van der Waals surface area (Å²) in [5.41, 5.74) is 1.01. The Bertz CT molecular complexity index is 1560. The van der Waals surface area contributed by atoms with Crippen molar-refractivity contribution in [1.82, 2.24) is 0 Å². The topological polar surface area (TPSA) is 18.5 Å². The first kappa shape index (κ1) is 27.6. The maximum absolute atomic E-state index is 15.2. The van der Waals surface area contributed by atoms with Crippen molar-refractivity contribution in [2.45, 2.75) is 52.1 Å². The summed E-state index contributed by atoms with van der Waals surface area (Å²) in [5.74, 6) is -6.57. The fraction of sp³-hybridized carbons (Fsp3) is 0.250. The zero-order chi connectivity index (χ0) is 28.6. The maximum atomic E-state index is 15.2. The van der Waals surface area contributed by atoms with Gasteiger partial charge in [-0.3, -0.25) is 0 Å². The molecule has 0 saturated carbocycles. The number of rotatable bonds is 8. The summed E-state index contributed by atoms with van der Waals surface area (Å²) in [6, 6.07) is 14.3. The van der Waals surface area contributed by atoms with E-state index < -0.39 is 46.4 Å². The van der Waals surface area contributed by atoms with Gasteiger partial charge >= 0.3 is 6.11 Å². The first-order chi connectivity index (χ1) is 19.1. The van der Waals surface area contributed by atoms with Gasteiger partial charge in [0.1, 0.15) is 17.1 Å². The van der Waals surface area contributed by atoms with Gasteiger partial charge in [0.25, 0.3) is 0 Å². The van der Waals surface area contributed by atoms with Gasteiger partial charge in [0.15, 0.2) is 23.1 Å². The first-order valence-corrected chi connectivity index (χ1v) is 13.1. The molecule has 5 rings (SSSR count). The van der Waals surface area contributed by atoms with Crippen molar-refractivity contribution in [3.8, 4) is 28.4 Å². The van der Waals surface area contributed by atoms with Crippen molar-refractivity contribution in [1.29, 1.82) is 0 Å². The quantitative estimate of drug-likeness (QED) is 0.177. The maximum Gasteiger partial charge on any atom is 0.429 e. The van der Waals surface area contributed by atoms with Gasteiger partial charge < -0.3 is 9.47 Å². The van der Waals surface area contributed by atoms with E-state index in [1.54, 1.807) is 24.3 Å². The predicted molar refractivity (Wildman–Crippen MR) is 140 cm³/mol. The lowest BCUT2D eigenvalue weighted by molar-refractivity contribution is -0.187. The fourth-order valence-corrected chi connectivity index (χ4v) is 4.91. The Morgan fingerprint density at radius 3 is 2.12 bits per heavy atom. The molecule has 1 aliphatic rings. The number of alkyl halides is 2. The van der Waals surface area contributed by atoms with Crippen LogP contribution in [0.1, 0.15) is 54.5 Å². The average molecular weight is 557 g/mol. The molecular weight excluding hydrogens is 530 g/mol.